The number of para-hydroxylation sites is 1. The van der Waals surface area contributed by atoms with Gasteiger partial charge in [-0.25, -0.2) is 0 Å². The normalized spacial score (nSPS) is 15.6. The summed E-state index contributed by atoms with van der Waals surface area (Å²) in [6, 6.07) is 9.06. The van der Waals surface area contributed by atoms with Gasteiger partial charge in [-0.1, -0.05) is 31.5 Å². The van der Waals surface area contributed by atoms with Gasteiger partial charge in [0.15, 0.2) is 0 Å². The van der Waals surface area contributed by atoms with Crippen LogP contribution in [0.2, 0.25) is 0 Å². The molecular weight excluding hydrogens is 196 g/mol. The molecule has 0 bridgehead atoms. The van der Waals surface area contributed by atoms with Crippen molar-refractivity contribution < 1.29 is 0 Å². The summed E-state index contributed by atoms with van der Waals surface area (Å²) in [7, 11) is 0. The van der Waals surface area contributed by atoms with Gasteiger partial charge in [-0.15, -0.1) is 0 Å². The van der Waals surface area contributed by atoms with Crippen molar-refractivity contribution in [2.24, 2.45) is 0 Å². The Morgan fingerprint density at radius 1 is 1.31 bits per heavy atom. The topological polar surface area (TPSA) is 29.3 Å². The van der Waals surface area contributed by atoms with Crippen LogP contribution in [0.4, 0.5) is 5.69 Å². The molecule has 1 aliphatic rings. The molecular formula is C14H22N2. The molecule has 0 saturated heterocycles. The molecule has 0 heterocycles. The van der Waals surface area contributed by atoms with Gasteiger partial charge in [0.2, 0.25) is 0 Å². The number of nitrogens with two attached hydrogens (primary N) is 1. The standard InChI is InChI=1S/C14H22N2/c1-2-3-10-16(13-8-9-13)11-12-6-4-5-7-14(12)15/h4-7,13H,2-3,8-11,15H2,1H3. The van der Waals surface area contributed by atoms with Gasteiger partial charge < -0.3 is 5.73 Å². The third-order valence-corrected chi connectivity index (χ3v) is 3.29. The lowest BCUT2D eigenvalue weighted by Crippen LogP contribution is -2.27. The van der Waals surface area contributed by atoms with Crippen LogP contribution in [0.3, 0.4) is 0 Å². The Labute approximate surface area is 98.4 Å². The van der Waals surface area contributed by atoms with Gasteiger partial charge in [0.05, 0.1) is 0 Å². The molecule has 1 saturated carbocycles. The van der Waals surface area contributed by atoms with Crippen LogP contribution in [0.15, 0.2) is 24.3 Å². The second-order valence-corrected chi connectivity index (χ2v) is 4.75. The average molecular weight is 218 g/mol. The van der Waals surface area contributed by atoms with E-state index >= 15 is 0 Å². The lowest BCUT2D eigenvalue weighted by molar-refractivity contribution is 0.251. The number of anilines is 1. The number of rotatable bonds is 6. The van der Waals surface area contributed by atoms with E-state index in [-0.39, 0.29) is 0 Å². The van der Waals surface area contributed by atoms with E-state index in [4.69, 9.17) is 5.73 Å². The van der Waals surface area contributed by atoms with Crippen LogP contribution in [0, 0.1) is 0 Å². The first-order valence-corrected chi connectivity index (χ1v) is 6.38. The summed E-state index contributed by atoms with van der Waals surface area (Å²) in [5.74, 6) is 0. The molecule has 2 rings (SSSR count). The smallest absolute Gasteiger partial charge is 0.0359 e. The second-order valence-electron chi connectivity index (χ2n) is 4.75. The minimum absolute atomic E-state index is 0.825. The second kappa shape index (κ2) is 5.35. The van der Waals surface area contributed by atoms with Crippen LogP contribution in [0.5, 0.6) is 0 Å². The number of unbranched alkanes of at least 4 members (excludes halogenated alkanes) is 1. The summed E-state index contributed by atoms with van der Waals surface area (Å²) >= 11 is 0. The molecule has 0 atom stereocenters. The highest BCUT2D eigenvalue weighted by Crippen LogP contribution is 2.29. The molecule has 1 aliphatic carbocycles. The van der Waals surface area contributed by atoms with E-state index < -0.39 is 0 Å². The molecule has 0 aromatic heterocycles. The monoisotopic (exact) mass is 218 g/mol. The maximum atomic E-state index is 5.99. The van der Waals surface area contributed by atoms with Gasteiger partial charge in [-0.2, -0.15) is 0 Å². The molecule has 2 nitrogen and oxygen atoms in total. The predicted octanol–water partition coefficient (Wildman–Crippen LogP) is 3.03. The molecule has 0 aliphatic heterocycles. The van der Waals surface area contributed by atoms with Crippen molar-refractivity contribution in [3.63, 3.8) is 0 Å². The maximum absolute atomic E-state index is 5.99. The van der Waals surface area contributed by atoms with Gasteiger partial charge in [-0.05, 0) is 37.4 Å². The molecule has 1 aromatic carbocycles. The largest absolute Gasteiger partial charge is 0.398 e. The first-order valence-electron chi connectivity index (χ1n) is 6.38. The quantitative estimate of drug-likeness (QED) is 0.744. The summed E-state index contributed by atoms with van der Waals surface area (Å²) in [4.78, 5) is 2.59. The lowest BCUT2D eigenvalue weighted by Gasteiger charge is -2.22. The van der Waals surface area contributed by atoms with Gasteiger partial charge in [0.1, 0.15) is 0 Å². The Hall–Kier alpha value is -1.02. The van der Waals surface area contributed by atoms with Gasteiger partial charge in [0, 0.05) is 18.3 Å². The molecule has 2 N–H and O–H groups in total. The van der Waals surface area contributed by atoms with E-state index in [1.165, 1.54) is 37.8 Å². The third kappa shape index (κ3) is 2.99. The van der Waals surface area contributed by atoms with Gasteiger partial charge in [-0.3, -0.25) is 4.90 Å². The van der Waals surface area contributed by atoms with Crippen LogP contribution in [-0.2, 0) is 6.54 Å². The Morgan fingerprint density at radius 2 is 2.06 bits per heavy atom. The fourth-order valence-electron chi connectivity index (χ4n) is 2.09. The van der Waals surface area contributed by atoms with Crippen molar-refractivity contribution in [3.05, 3.63) is 29.8 Å². The first kappa shape index (κ1) is 11.5. The third-order valence-electron chi connectivity index (χ3n) is 3.29. The molecule has 0 unspecified atom stereocenters. The molecule has 1 aromatic rings. The van der Waals surface area contributed by atoms with Crippen molar-refractivity contribution in [1.82, 2.24) is 4.90 Å². The van der Waals surface area contributed by atoms with Crippen LogP contribution in [0.25, 0.3) is 0 Å². The molecule has 0 amide bonds. The van der Waals surface area contributed by atoms with E-state index in [9.17, 15) is 0 Å². The predicted molar refractivity (Wildman–Crippen MR) is 69.2 cm³/mol. The molecule has 2 heteroatoms. The van der Waals surface area contributed by atoms with E-state index in [2.05, 4.69) is 24.0 Å². The highest BCUT2D eigenvalue weighted by Gasteiger charge is 2.28. The van der Waals surface area contributed by atoms with Crippen molar-refractivity contribution in [2.75, 3.05) is 12.3 Å². The Balaban J connectivity index is 1.97. The lowest BCUT2D eigenvalue weighted by atomic mass is 10.1. The molecule has 1 fully saturated rings. The molecule has 0 spiro atoms. The van der Waals surface area contributed by atoms with Gasteiger partial charge >= 0.3 is 0 Å². The highest BCUT2D eigenvalue weighted by molar-refractivity contribution is 5.46. The Morgan fingerprint density at radius 3 is 2.69 bits per heavy atom. The van der Waals surface area contributed by atoms with E-state index in [1.54, 1.807) is 0 Å². The minimum Gasteiger partial charge on any atom is -0.398 e. The summed E-state index contributed by atoms with van der Waals surface area (Å²) in [5.41, 5.74) is 8.21. The number of nitrogens with zero attached hydrogens (tertiary/aromatic N) is 1. The van der Waals surface area contributed by atoms with Crippen LogP contribution >= 0.6 is 0 Å². The fourth-order valence-corrected chi connectivity index (χ4v) is 2.09. The van der Waals surface area contributed by atoms with E-state index in [1.807, 2.05) is 12.1 Å². The summed E-state index contributed by atoms with van der Waals surface area (Å²) in [6.07, 6.45) is 5.31. The van der Waals surface area contributed by atoms with Crippen LogP contribution in [-0.4, -0.2) is 17.5 Å². The zero-order valence-corrected chi connectivity index (χ0v) is 10.2. The van der Waals surface area contributed by atoms with Crippen molar-refractivity contribution in [2.45, 2.75) is 45.2 Å². The summed E-state index contributed by atoms with van der Waals surface area (Å²) in [6.45, 7) is 4.49. The summed E-state index contributed by atoms with van der Waals surface area (Å²) in [5, 5.41) is 0. The van der Waals surface area contributed by atoms with Gasteiger partial charge in [0.25, 0.3) is 0 Å². The maximum Gasteiger partial charge on any atom is 0.0359 e. The fraction of sp³-hybridized carbons (Fsp3) is 0.571. The van der Waals surface area contributed by atoms with E-state index in [0.717, 1.165) is 18.3 Å². The number of hydrogen-bond acceptors (Lipinski definition) is 2. The zero-order valence-electron chi connectivity index (χ0n) is 10.2. The minimum atomic E-state index is 0.825. The Kier molecular flexibility index (Phi) is 3.83. The average Bonchev–Trinajstić information content (AvgIpc) is 3.10. The van der Waals surface area contributed by atoms with Crippen molar-refractivity contribution >= 4 is 5.69 Å². The molecule has 88 valence electrons. The SMILES string of the molecule is CCCCN(Cc1ccccc1N)C1CC1. The number of benzene rings is 1. The highest BCUT2D eigenvalue weighted by atomic mass is 15.2. The molecule has 16 heavy (non-hydrogen) atoms. The van der Waals surface area contributed by atoms with Crippen molar-refractivity contribution in [3.8, 4) is 0 Å². The zero-order chi connectivity index (χ0) is 11.4. The Bertz CT molecular complexity index is 331. The summed E-state index contributed by atoms with van der Waals surface area (Å²) < 4.78 is 0. The van der Waals surface area contributed by atoms with Crippen LogP contribution < -0.4 is 5.73 Å². The molecule has 0 radical (unpaired) electrons. The number of nitrogen functional groups attached to an aromatic ring is 1. The van der Waals surface area contributed by atoms with E-state index in [0.29, 0.717) is 0 Å². The first-order chi connectivity index (χ1) is 7.81. The van der Waals surface area contributed by atoms with Crippen molar-refractivity contribution in [1.29, 1.82) is 0 Å². The van der Waals surface area contributed by atoms with Crippen LogP contribution in [0.1, 0.15) is 38.2 Å². The number of hydrogen-bond donors (Lipinski definition) is 1.